The summed E-state index contributed by atoms with van der Waals surface area (Å²) in [4.78, 5) is 11.9. The number of hydrogen-bond donors (Lipinski definition) is 2. The highest BCUT2D eigenvalue weighted by Crippen LogP contribution is 2.33. The van der Waals surface area contributed by atoms with E-state index < -0.39 is 5.60 Å². The third-order valence-corrected chi connectivity index (χ3v) is 5.67. The van der Waals surface area contributed by atoms with Crippen LogP contribution in [0.3, 0.4) is 0 Å². The van der Waals surface area contributed by atoms with Gasteiger partial charge in [-0.05, 0) is 43.8 Å². The van der Waals surface area contributed by atoms with Gasteiger partial charge in [0.1, 0.15) is 0 Å². The van der Waals surface area contributed by atoms with Crippen molar-refractivity contribution in [3.8, 4) is 0 Å². The number of carbonyl (C=O) groups is 1. The molecule has 1 saturated carbocycles. The molecule has 1 saturated heterocycles. The molecule has 2 rings (SSSR count). The second-order valence-corrected chi connectivity index (χ2v) is 7.00. The zero-order valence-corrected chi connectivity index (χ0v) is 12.1. The molecule has 1 amide bonds. The van der Waals surface area contributed by atoms with Crippen molar-refractivity contribution in [2.45, 2.75) is 51.0 Å². The first kappa shape index (κ1) is 14.2. The second kappa shape index (κ2) is 6.29. The fourth-order valence-electron chi connectivity index (χ4n) is 2.94. The quantitative estimate of drug-likeness (QED) is 0.824. The lowest BCUT2D eigenvalue weighted by Gasteiger charge is -2.36. The van der Waals surface area contributed by atoms with Crippen molar-refractivity contribution in [2.24, 2.45) is 11.8 Å². The first-order chi connectivity index (χ1) is 8.63. The molecule has 1 aliphatic heterocycles. The minimum atomic E-state index is -0.646. The van der Waals surface area contributed by atoms with E-state index in [1.165, 1.54) is 6.42 Å². The lowest BCUT2D eigenvalue weighted by molar-refractivity contribution is -0.126. The number of aliphatic hydroxyl groups is 1. The van der Waals surface area contributed by atoms with Crippen molar-refractivity contribution in [3.05, 3.63) is 0 Å². The molecule has 0 aromatic carbocycles. The predicted molar refractivity (Wildman–Crippen MR) is 75.6 cm³/mol. The molecule has 1 aliphatic carbocycles. The molecule has 0 radical (unpaired) electrons. The van der Waals surface area contributed by atoms with E-state index in [0.717, 1.165) is 49.5 Å². The van der Waals surface area contributed by atoms with Crippen LogP contribution in [-0.4, -0.2) is 34.7 Å². The van der Waals surface area contributed by atoms with E-state index in [4.69, 9.17) is 0 Å². The molecular formula is C14H25NO2S. The summed E-state index contributed by atoms with van der Waals surface area (Å²) in [6, 6.07) is 0. The standard InChI is InChI=1S/C14H25NO2S/c1-2-11-3-6-14(17,7-4-11)10-15-13(16)12-5-8-18-9-12/h11-12,17H,2-10H2,1H3,(H,15,16). The van der Waals surface area contributed by atoms with Crippen LogP contribution >= 0.6 is 11.8 Å². The molecule has 0 aromatic heterocycles. The normalized spacial score (nSPS) is 36.6. The second-order valence-electron chi connectivity index (χ2n) is 5.85. The Morgan fingerprint density at radius 3 is 2.67 bits per heavy atom. The number of amides is 1. The fourth-order valence-corrected chi connectivity index (χ4v) is 4.16. The lowest BCUT2D eigenvalue weighted by atomic mass is 9.78. The van der Waals surface area contributed by atoms with Gasteiger partial charge in [0.05, 0.1) is 5.60 Å². The number of hydrogen-bond acceptors (Lipinski definition) is 3. The monoisotopic (exact) mass is 271 g/mol. The Hall–Kier alpha value is -0.220. The largest absolute Gasteiger partial charge is 0.388 e. The zero-order valence-electron chi connectivity index (χ0n) is 11.3. The molecule has 18 heavy (non-hydrogen) atoms. The van der Waals surface area contributed by atoms with Crippen LogP contribution in [0.25, 0.3) is 0 Å². The molecule has 0 bridgehead atoms. The molecule has 4 heteroatoms. The molecule has 1 unspecified atom stereocenters. The Bertz CT molecular complexity index is 282. The summed E-state index contributed by atoms with van der Waals surface area (Å²) in [6.07, 6.45) is 6.08. The van der Waals surface area contributed by atoms with Crippen molar-refractivity contribution in [1.29, 1.82) is 0 Å². The van der Waals surface area contributed by atoms with Gasteiger partial charge in [-0.2, -0.15) is 11.8 Å². The zero-order chi connectivity index (χ0) is 13.0. The molecular weight excluding hydrogens is 246 g/mol. The smallest absolute Gasteiger partial charge is 0.224 e. The van der Waals surface area contributed by atoms with Crippen LogP contribution in [0.1, 0.15) is 45.4 Å². The van der Waals surface area contributed by atoms with Gasteiger partial charge < -0.3 is 10.4 Å². The number of carbonyl (C=O) groups excluding carboxylic acids is 1. The van der Waals surface area contributed by atoms with E-state index in [9.17, 15) is 9.90 Å². The first-order valence-corrected chi connectivity index (χ1v) is 8.36. The molecule has 2 fully saturated rings. The molecule has 1 atom stereocenters. The van der Waals surface area contributed by atoms with Crippen LogP contribution in [0.4, 0.5) is 0 Å². The maximum atomic E-state index is 11.9. The van der Waals surface area contributed by atoms with Crippen LogP contribution in [0.5, 0.6) is 0 Å². The van der Waals surface area contributed by atoms with Crippen LogP contribution in [0, 0.1) is 11.8 Å². The summed E-state index contributed by atoms with van der Waals surface area (Å²) in [5, 5.41) is 13.4. The minimum absolute atomic E-state index is 0.144. The van der Waals surface area contributed by atoms with Gasteiger partial charge in [-0.25, -0.2) is 0 Å². The highest BCUT2D eigenvalue weighted by molar-refractivity contribution is 7.99. The topological polar surface area (TPSA) is 49.3 Å². The summed E-state index contributed by atoms with van der Waals surface area (Å²) in [5.74, 6) is 3.13. The van der Waals surface area contributed by atoms with Gasteiger partial charge in [0, 0.05) is 18.2 Å². The van der Waals surface area contributed by atoms with E-state index in [-0.39, 0.29) is 11.8 Å². The average molecular weight is 271 g/mol. The fraction of sp³-hybridized carbons (Fsp3) is 0.929. The summed E-state index contributed by atoms with van der Waals surface area (Å²) in [5.41, 5.74) is -0.646. The third kappa shape index (κ3) is 3.64. The number of nitrogens with one attached hydrogen (secondary N) is 1. The van der Waals surface area contributed by atoms with Gasteiger partial charge in [0.2, 0.25) is 5.91 Å². The maximum absolute atomic E-state index is 11.9. The van der Waals surface area contributed by atoms with Gasteiger partial charge in [0.15, 0.2) is 0 Å². The predicted octanol–water partition coefficient (Wildman–Crippen LogP) is 2.19. The van der Waals surface area contributed by atoms with Crippen molar-refractivity contribution in [2.75, 3.05) is 18.1 Å². The van der Waals surface area contributed by atoms with Crippen molar-refractivity contribution in [3.63, 3.8) is 0 Å². The SMILES string of the molecule is CCC1CCC(O)(CNC(=O)C2CCSC2)CC1. The highest BCUT2D eigenvalue weighted by Gasteiger charge is 2.33. The Labute approximate surface area is 114 Å². The molecule has 0 spiro atoms. The summed E-state index contributed by atoms with van der Waals surface area (Å²) >= 11 is 1.85. The Balaban J connectivity index is 1.73. The van der Waals surface area contributed by atoms with Crippen molar-refractivity contribution < 1.29 is 9.90 Å². The van der Waals surface area contributed by atoms with E-state index in [1.54, 1.807) is 0 Å². The van der Waals surface area contributed by atoms with Gasteiger partial charge in [-0.1, -0.05) is 13.3 Å². The average Bonchev–Trinajstić information content (AvgIpc) is 2.91. The molecule has 2 aliphatic rings. The highest BCUT2D eigenvalue weighted by atomic mass is 32.2. The van der Waals surface area contributed by atoms with Crippen molar-refractivity contribution in [1.82, 2.24) is 5.32 Å². The van der Waals surface area contributed by atoms with Crippen LogP contribution < -0.4 is 5.32 Å². The van der Waals surface area contributed by atoms with Crippen LogP contribution in [-0.2, 0) is 4.79 Å². The van der Waals surface area contributed by atoms with Gasteiger partial charge in [0.25, 0.3) is 0 Å². The summed E-state index contributed by atoms with van der Waals surface area (Å²) in [6.45, 7) is 2.66. The van der Waals surface area contributed by atoms with Crippen LogP contribution in [0.15, 0.2) is 0 Å². The Kier molecular flexibility index (Phi) is 4.96. The third-order valence-electron chi connectivity index (χ3n) is 4.51. The lowest BCUT2D eigenvalue weighted by Crippen LogP contribution is -2.46. The Morgan fingerprint density at radius 1 is 1.39 bits per heavy atom. The van der Waals surface area contributed by atoms with Crippen molar-refractivity contribution >= 4 is 17.7 Å². The summed E-state index contributed by atoms with van der Waals surface area (Å²) in [7, 11) is 0. The van der Waals surface area contributed by atoms with E-state index in [0.29, 0.717) is 6.54 Å². The van der Waals surface area contributed by atoms with Gasteiger partial charge >= 0.3 is 0 Å². The number of rotatable bonds is 4. The van der Waals surface area contributed by atoms with E-state index in [2.05, 4.69) is 12.2 Å². The minimum Gasteiger partial charge on any atom is -0.388 e. The molecule has 104 valence electrons. The molecule has 0 aromatic rings. The first-order valence-electron chi connectivity index (χ1n) is 7.21. The van der Waals surface area contributed by atoms with Gasteiger partial charge in [-0.15, -0.1) is 0 Å². The maximum Gasteiger partial charge on any atom is 0.224 e. The molecule has 1 heterocycles. The Morgan fingerprint density at radius 2 is 2.11 bits per heavy atom. The molecule has 3 nitrogen and oxygen atoms in total. The summed E-state index contributed by atoms with van der Waals surface area (Å²) < 4.78 is 0. The van der Waals surface area contributed by atoms with E-state index >= 15 is 0 Å². The molecule has 2 N–H and O–H groups in total. The van der Waals surface area contributed by atoms with Gasteiger partial charge in [-0.3, -0.25) is 4.79 Å². The number of thioether (sulfide) groups is 1. The van der Waals surface area contributed by atoms with E-state index in [1.807, 2.05) is 11.8 Å². The van der Waals surface area contributed by atoms with Crippen LogP contribution in [0.2, 0.25) is 0 Å².